The van der Waals surface area contributed by atoms with E-state index in [4.69, 9.17) is 0 Å². The van der Waals surface area contributed by atoms with Crippen LogP contribution in [0.15, 0.2) is 72.8 Å². The maximum Gasteiger partial charge on any atom is 0.326 e. The molecule has 0 fully saturated rings. The Balaban J connectivity index is 1.74. The summed E-state index contributed by atoms with van der Waals surface area (Å²) in [6, 6.07) is 20.7. The van der Waals surface area contributed by atoms with Gasteiger partial charge < -0.3 is 15.5 Å². The predicted molar refractivity (Wildman–Crippen MR) is 98.6 cm³/mol. The summed E-state index contributed by atoms with van der Waals surface area (Å²) in [4.78, 5) is 23.8. The van der Waals surface area contributed by atoms with Crippen LogP contribution >= 0.6 is 0 Å². The van der Waals surface area contributed by atoms with Gasteiger partial charge in [-0.2, -0.15) is 0 Å². The smallest absolute Gasteiger partial charge is 0.326 e. The molecule has 0 aliphatic heterocycles. The summed E-state index contributed by atoms with van der Waals surface area (Å²) < 4.78 is 0. The van der Waals surface area contributed by atoms with Crippen LogP contribution in [0.5, 0.6) is 0 Å². The maximum absolute atomic E-state index is 12.2. The number of amides is 1. The number of aliphatic carboxylic acids is 1. The first-order valence-electron chi connectivity index (χ1n) is 8.28. The number of aliphatic hydroxyl groups is 1. The second kappa shape index (κ2) is 7.80. The van der Waals surface area contributed by atoms with Gasteiger partial charge in [-0.3, -0.25) is 4.79 Å². The van der Waals surface area contributed by atoms with Gasteiger partial charge in [-0.05, 0) is 21.9 Å². The lowest BCUT2D eigenvalue weighted by molar-refractivity contribution is -0.143. The van der Waals surface area contributed by atoms with Gasteiger partial charge in [-0.25, -0.2) is 4.79 Å². The third kappa shape index (κ3) is 4.07. The molecule has 0 bridgehead atoms. The fraction of sp³-hybridized carbons (Fsp3) is 0.143. The van der Waals surface area contributed by atoms with Gasteiger partial charge in [-0.1, -0.05) is 72.8 Å². The van der Waals surface area contributed by atoms with Crippen LogP contribution < -0.4 is 5.32 Å². The summed E-state index contributed by atoms with van der Waals surface area (Å²) in [5.74, 6) is -1.88. The highest BCUT2D eigenvalue weighted by molar-refractivity contribution is 5.87. The van der Waals surface area contributed by atoms with Gasteiger partial charge in [0.2, 0.25) is 0 Å². The molecular formula is C21H19NO4. The number of carboxylic acid groups (broad SMARTS) is 1. The molecule has 26 heavy (non-hydrogen) atoms. The number of hydrogen-bond donors (Lipinski definition) is 3. The Labute approximate surface area is 150 Å². The molecule has 0 radical (unpaired) electrons. The zero-order valence-corrected chi connectivity index (χ0v) is 14.0. The number of benzene rings is 3. The predicted octanol–water partition coefficient (Wildman–Crippen LogP) is 2.69. The first kappa shape index (κ1) is 17.6. The lowest BCUT2D eigenvalue weighted by Crippen LogP contribution is -2.44. The molecule has 0 unspecified atom stereocenters. The van der Waals surface area contributed by atoms with Gasteiger partial charge in [0.25, 0.3) is 5.91 Å². The van der Waals surface area contributed by atoms with Crippen LogP contribution in [0, 0.1) is 0 Å². The topological polar surface area (TPSA) is 86.6 Å². The Kier molecular flexibility index (Phi) is 5.29. The Morgan fingerprint density at radius 2 is 1.54 bits per heavy atom. The fourth-order valence-corrected chi connectivity index (χ4v) is 2.84. The first-order valence-corrected chi connectivity index (χ1v) is 8.28. The highest BCUT2D eigenvalue weighted by Crippen LogP contribution is 2.17. The second-order valence-electron chi connectivity index (χ2n) is 6.10. The number of rotatable bonds is 6. The number of carboxylic acids is 1. The summed E-state index contributed by atoms with van der Waals surface area (Å²) in [6.45, 7) is 0. The minimum atomic E-state index is -1.41. The van der Waals surface area contributed by atoms with Gasteiger partial charge in [-0.15, -0.1) is 0 Å². The van der Waals surface area contributed by atoms with Crippen LogP contribution in [0.4, 0.5) is 0 Å². The number of aliphatic hydroxyl groups excluding tert-OH is 1. The minimum Gasteiger partial charge on any atom is -0.480 e. The van der Waals surface area contributed by atoms with E-state index in [0.717, 1.165) is 16.3 Å². The van der Waals surface area contributed by atoms with E-state index in [1.807, 2.05) is 42.5 Å². The van der Waals surface area contributed by atoms with E-state index < -0.39 is 24.0 Å². The fourth-order valence-electron chi connectivity index (χ4n) is 2.84. The van der Waals surface area contributed by atoms with E-state index in [9.17, 15) is 19.8 Å². The Morgan fingerprint density at radius 1 is 0.885 bits per heavy atom. The summed E-state index contributed by atoms with van der Waals surface area (Å²) in [5, 5.41) is 24.1. The minimum absolute atomic E-state index is 0.132. The average molecular weight is 349 g/mol. The van der Waals surface area contributed by atoms with Crippen molar-refractivity contribution in [2.24, 2.45) is 0 Å². The molecule has 5 nitrogen and oxygen atoms in total. The van der Waals surface area contributed by atoms with E-state index in [1.54, 1.807) is 30.3 Å². The highest BCUT2D eigenvalue weighted by Gasteiger charge is 2.25. The van der Waals surface area contributed by atoms with Crippen LogP contribution in [0.2, 0.25) is 0 Å². The first-order chi connectivity index (χ1) is 12.5. The monoisotopic (exact) mass is 349 g/mol. The maximum atomic E-state index is 12.2. The van der Waals surface area contributed by atoms with Gasteiger partial charge in [0, 0.05) is 6.42 Å². The molecule has 0 aliphatic rings. The Morgan fingerprint density at radius 3 is 2.23 bits per heavy atom. The molecule has 3 rings (SSSR count). The van der Waals surface area contributed by atoms with Gasteiger partial charge in [0.05, 0.1) is 0 Å². The number of carbonyl (C=O) groups excluding carboxylic acids is 1. The molecule has 0 aliphatic carbocycles. The quantitative estimate of drug-likeness (QED) is 0.639. The molecule has 5 heteroatoms. The van der Waals surface area contributed by atoms with E-state index in [1.165, 1.54) is 0 Å². The van der Waals surface area contributed by atoms with E-state index in [0.29, 0.717) is 5.56 Å². The normalized spacial score (nSPS) is 13.1. The van der Waals surface area contributed by atoms with Crippen LogP contribution in [0.1, 0.15) is 17.2 Å². The number of fused-ring (bicyclic) bond motifs is 1. The van der Waals surface area contributed by atoms with Crippen LogP contribution in [0.3, 0.4) is 0 Å². The molecule has 0 saturated carbocycles. The summed E-state index contributed by atoms with van der Waals surface area (Å²) in [6.07, 6.45) is -1.28. The average Bonchev–Trinajstić information content (AvgIpc) is 2.67. The van der Waals surface area contributed by atoms with E-state index >= 15 is 0 Å². The molecule has 3 N–H and O–H groups in total. The third-order valence-corrected chi connectivity index (χ3v) is 4.23. The van der Waals surface area contributed by atoms with Crippen molar-refractivity contribution in [3.05, 3.63) is 83.9 Å². The summed E-state index contributed by atoms with van der Waals surface area (Å²) in [5.41, 5.74) is 1.21. The summed E-state index contributed by atoms with van der Waals surface area (Å²) in [7, 11) is 0. The molecule has 3 aromatic rings. The van der Waals surface area contributed by atoms with E-state index in [-0.39, 0.29) is 6.42 Å². The SMILES string of the molecule is O=C(N[C@H](Cc1ccc2ccccc2c1)C(=O)O)[C@@H](O)c1ccccc1. The molecule has 0 saturated heterocycles. The van der Waals surface area contributed by atoms with Crippen molar-refractivity contribution in [2.75, 3.05) is 0 Å². The number of hydrogen-bond acceptors (Lipinski definition) is 3. The van der Waals surface area contributed by atoms with Gasteiger partial charge in [0.15, 0.2) is 6.10 Å². The van der Waals surface area contributed by atoms with Crippen molar-refractivity contribution in [2.45, 2.75) is 18.6 Å². The third-order valence-electron chi connectivity index (χ3n) is 4.23. The molecular weight excluding hydrogens is 330 g/mol. The molecule has 3 aromatic carbocycles. The molecule has 1 amide bonds. The second-order valence-corrected chi connectivity index (χ2v) is 6.10. The van der Waals surface area contributed by atoms with Crippen LogP contribution in [-0.4, -0.2) is 28.1 Å². The molecule has 0 aromatic heterocycles. The van der Waals surface area contributed by atoms with Crippen molar-refractivity contribution < 1.29 is 19.8 Å². The molecule has 0 spiro atoms. The number of carbonyl (C=O) groups is 2. The Bertz CT molecular complexity index is 923. The zero-order chi connectivity index (χ0) is 18.5. The molecule has 132 valence electrons. The van der Waals surface area contributed by atoms with E-state index in [2.05, 4.69) is 5.32 Å². The van der Waals surface area contributed by atoms with Crippen LogP contribution in [0.25, 0.3) is 10.8 Å². The Hall–Kier alpha value is -3.18. The van der Waals surface area contributed by atoms with Crippen molar-refractivity contribution in [3.63, 3.8) is 0 Å². The van der Waals surface area contributed by atoms with Gasteiger partial charge in [0.1, 0.15) is 6.04 Å². The van der Waals surface area contributed by atoms with Crippen molar-refractivity contribution >= 4 is 22.6 Å². The number of nitrogens with one attached hydrogen (secondary N) is 1. The highest BCUT2D eigenvalue weighted by atomic mass is 16.4. The van der Waals surface area contributed by atoms with Crippen LogP contribution in [-0.2, 0) is 16.0 Å². The lowest BCUT2D eigenvalue weighted by atomic mass is 10.0. The molecule has 2 atom stereocenters. The van der Waals surface area contributed by atoms with Gasteiger partial charge >= 0.3 is 5.97 Å². The standard InChI is InChI=1S/C21H19NO4/c23-19(16-7-2-1-3-8-16)20(24)22-18(21(25)26)13-14-10-11-15-6-4-5-9-17(15)12-14/h1-12,18-19,23H,13H2,(H,22,24)(H,25,26)/t18-,19+/m1/s1. The van der Waals surface area contributed by atoms with Crippen molar-refractivity contribution in [3.8, 4) is 0 Å². The lowest BCUT2D eigenvalue weighted by Gasteiger charge is -2.18. The zero-order valence-electron chi connectivity index (χ0n) is 14.0. The summed E-state index contributed by atoms with van der Waals surface area (Å²) >= 11 is 0. The van der Waals surface area contributed by atoms with Crippen molar-refractivity contribution in [1.82, 2.24) is 5.32 Å². The largest absolute Gasteiger partial charge is 0.480 e. The van der Waals surface area contributed by atoms with Crippen molar-refractivity contribution in [1.29, 1.82) is 0 Å². The molecule has 0 heterocycles.